The number of aromatic nitrogens is 1. The van der Waals surface area contributed by atoms with Crippen molar-refractivity contribution in [3.8, 4) is 0 Å². The lowest BCUT2D eigenvalue weighted by atomic mass is 10.3. The number of aliphatic hydroxyl groups excluding tert-OH is 2. The van der Waals surface area contributed by atoms with Gasteiger partial charge in [0.2, 0.25) is 0 Å². The molecule has 5 N–H and O–H groups in total. The average molecular weight is 262 g/mol. The number of nitrogens with one attached hydrogen (secondary N) is 1. The monoisotopic (exact) mass is 261 g/mol. The second-order valence-electron chi connectivity index (χ2n) is 2.81. The second-order valence-corrected chi connectivity index (χ2v) is 3.72. The predicted octanol–water partition coefficient (Wildman–Crippen LogP) is 0.191. The van der Waals surface area contributed by atoms with Crippen molar-refractivity contribution in [3.05, 3.63) is 16.7 Å². The molecule has 0 aliphatic rings. The predicted molar refractivity (Wildman–Crippen MR) is 57.9 cm³/mol. The lowest BCUT2D eigenvalue weighted by Gasteiger charge is -2.11. The first-order valence-corrected chi connectivity index (χ1v) is 4.86. The van der Waals surface area contributed by atoms with Crippen molar-refractivity contribution < 1.29 is 10.2 Å². The molecule has 0 aromatic carbocycles. The fraction of sp³-hybridized carbons (Fsp3) is 0.375. The highest BCUT2D eigenvalue weighted by atomic mass is 79.9. The average Bonchev–Trinajstić information content (AvgIpc) is 2.16. The molecule has 1 unspecified atom stereocenters. The van der Waals surface area contributed by atoms with Gasteiger partial charge < -0.3 is 21.3 Å². The molecular weight excluding hydrogens is 250 g/mol. The molecule has 78 valence electrons. The Labute approximate surface area is 90.1 Å². The van der Waals surface area contributed by atoms with E-state index in [0.29, 0.717) is 11.5 Å². The van der Waals surface area contributed by atoms with Gasteiger partial charge in [-0.1, -0.05) is 0 Å². The SMILES string of the molecule is Nc1cc(Br)cnc1NCC(O)CO. The number of pyridine rings is 1. The van der Waals surface area contributed by atoms with Crippen molar-refractivity contribution in [2.45, 2.75) is 6.10 Å². The molecule has 0 saturated carbocycles. The Morgan fingerprint density at radius 3 is 2.93 bits per heavy atom. The summed E-state index contributed by atoms with van der Waals surface area (Å²) >= 11 is 3.23. The van der Waals surface area contributed by atoms with Crippen LogP contribution in [0.2, 0.25) is 0 Å². The van der Waals surface area contributed by atoms with Gasteiger partial charge in [0.05, 0.1) is 18.4 Å². The summed E-state index contributed by atoms with van der Waals surface area (Å²) in [7, 11) is 0. The Hall–Kier alpha value is -0.850. The number of nitrogens with zero attached hydrogens (tertiary/aromatic N) is 1. The third kappa shape index (κ3) is 3.13. The van der Waals surface area contributed by atoms with Gasteiger partial charge in [-0.3, -0.25) is 0 Å². The molecule has 0 fully saturated rings. The molecule has 6 heteroatoms. The van der Waals surface area contributed by atoms with Gasteiger partial charge in [0.25, 0.3) is 0 Å². The van der Waals surface area contributed by atoms with Gasteiger partial charge in [0.15, 0.2) is 0 Å². The summed E-state index contributed by atoms with van der Waals surface area (Å²) in [6.07, 6.45) is 0.796. The fourth-order valence-electron chi connectivity index (χ4n) is 0.882. The minimum atomic E-state index is -0.806. The molecule has 14 heavy (non-hydrogen) atoms. The fourth-order valence-corrected chi connectivity index (χ4v) is 1.23. The molecule has 0 amide bonds. The smallest absolute Gasteiger partial charge is 0.149 e. The summed E-state index contributed by atoms with van der Waals surface area (Å²) < 4.78 is 0.795. The van der Waals surface area contributed by atoms with E-state index in [1.54, 1.807) is 12.3 Å². The molecule has 0 spiro atoms. The van der Waals surface area contributed by atoms with E-state index in [9.17, 15) is 0 Å². The van der Waals surface area contributed by atoms with Gasteiger partial charge in [0, 0.05) is 17.2 Å². The zero-order chi connectivity index (χ0) is 10.6. The molecule has 1 atom stereocenters. The molecule has 1 rings (SSSR count). The number of nitrogens with two attached hydrogens (primary N) is 1. The number of nitrogen functional groups attached to an aromatic ring is 1. The van der Waals surface area contributed by atoms with Crippen LogP contribution in [0.25, 0.3) is 0 Å². The van der Waals surface area contributed by atoms with Crippen molar-refractivity contribution in [2.75, 3.05) is 24.2 Å². The summed E-state index contributed by atoms with van der Waals surface area (Å²) in [6.45, 7) is -0.0707. The van der Waals surface area contributed by atoms with Gasteiger partial charge in [-0.2, -0.15) is 0 Å². The van der Waals surface area contributed by atoms with E-state index in [-0.39, 0.29) is 13.2 Å². The van der Waals surface area contributed by atoms with Crippen LogP contribution in [0.4, 0.5) is 11.5 Å². The van der Waals surface area contributed by atoms with E-state index in [2.05, 4.69) is 26.2 Å². The normalized spacial score (nSPS) is 12.5. The van der Waals surface area contributed by atoms with Crippen LogP contribution in [0, 0.1) is 0 Å². The Kier molecular flexibility index (Phi) is 4.12. The van der Waals surface area contributed by atoms with Crippen molar-refractivity contribution in [3.63, 3.8) is 0 Å². The number of hydrogen-bond acceptors (Lipinski definition) is 5. The zero-order valence-corrected chi connectivity index (χ0v) is 9.03. The Morgan fingerprint density at radius 2 is 2.36 bits per heavy atom. The number of hydrogen-bond donors (Lipinski definition) is 4. The van der Waals surface area contributed by atoms with Crippen LogP contribution in [0.1, 0.15) is 0 Å². The van der Waals surface area contributed by atoms with Crippen molar-refractivity contribution in [2.24, 2.45) is 0 Å². The largest absolute Gasteiger partial charge is 0.396 e. The topological polar surface area (TPSA) is 91.4 Å². The minimum absolute atomic E-state index is 0.218. The highest BCUT2D eigenvalue weighted by Crippen LogP contribution is 2.19. The third-order valence-corrected chi connectivity index (χ3v) is 2.03. The summed E-state index contributed by atoms with van der Waals surface area (Å²) in [4.78, 5) is 4.01. The molecule has 5 nitrogen and oxygen atoms in total. The Morgan fingerprint density at radius 1 is 1.64 bits per heavy atom. The lowest BCUT2D eigenvalue weighted by Crippen LogP contribution is -2.23. The van der Waals surface area contributed by atoms with E-state index in [1.807, 2.05) is 0 Å². The van der Waals surface area contributed by atoms with Crippen LogP contribution < -0.4 is 11.1 Å². The first-order chi connectivity index (χ1) is 6.63. The van der Waals surface area contributed by atoms with Gasteiger partial charge >= 0.3 is 0 Å². The summed E-state index contributed by atoms with van der Waals surface area (Å²) in [5, 5.41) is 20.5. The van der Waals surface area contributed by atoms with Crippen molar-refractivity contribution >= 4 is 27.4 Å². The standard InChI is InChI=1S/C8H12BrN3O2/c9-5-1-7(10)8(11-2-5)12-3-6(14)4-13/h1-2,6,13-14H,3-4,10H2,(H,11,12). The van der Waals surface area contributed by atoms with Crippen molar-refractivity contribution in [1.29, 1.82) is 0 Å². The van der Waals surface area contributed by atoms with Crippen molar-refractivity contribution in [1.82, 2.24) is 4.98 Å². The van der Waals surface area contributed by atoms with E-state index < -0.39 is 6.10 Å². The maximum atomic E-state index is 9.07. The highest BCUT2D eigenvalue weighted by Gasteiger charge is 2.04. The molecule has 0 saturated heterocycles. The summed E-state index contributed by atoms with van der Waals surface area (Å²) in [5.74, 6) is 0.501. The Balaban J connectivity index is 2.59. The van der Waals surface area contributed by atoms with Gasteiger partial charge in [-0.25, -0.2) is 4.98 Å². The molecule has 0 bridgehead atoms. The van der Waals surface area contributed by atoms with E-state index in [1.165, 1.54) is 0 Å². The van der Waals surface area contributed by atoms with Crippen LogP contribution in [-0.2, 0) is 0 Å². The zero-order valence-electron chi connectivity index (χ0n) is 7.44. The van der Waals surface area contributed by atoms with Gasteiger partial charge in [-0.15, -0.1) is 0 Å². The quantitative estimate of drug-likeness (QED) is 0.621. The summed E-state index contributed by atoms with van der Waals surface area (Å²) in [5.41, 5.74) is 6.14. The van der Waals surface area contributed by atoms with Crippen LogP contribution in [-0.4, -0.2) is 34.5 Å². The van der Waals surface area contributed by atoms with Gasteiger partial charge in [-0.05, 0) is 22.0 Å². The van der Waals surface area contributed by atoms with E-state index in [4.69, 9.17) is 15.9 Å². The highest BCUT2D eigenvalue weighted by molar-refractivity contribution is 9.10. The van der Waals surface area contributed by atoms with Crippen LogP contribution in [0.3, 0.4) is 0 Å². The lowest BCUT2D eigenvalue weighted by molar-refractivity contribution is 0.105. The first-order valence-electron chi connectivity index (χ1n) is 4.07. The number of aliphatic hydroxyl groups is 2. The molecular formula is C8H12BrN3O2. The molecule has 0 radical (unpaired) electrons. The molecule has 1 heterocycles. The first kappa shape index (κ1) is 11.2. The molecule has 0 aliphatic carbocycles. The van der Waals surface area contributed by atoms with Gasteiger partial charge in [0.1, 0.15) is 5.82 Å². The number of anilines is 2. The molecule has 0 aliphatic heterocycles. The minimum Gasteiger partial charge on any atom is -0.396 e. The number of rotatable bonds is 4. The van der Waals surface area contributed by atoms with Crippen LogP contribution in [0.15, 0.2) is 16.7 Å². The van der Waals surface area contributed by atoms with Crippen LogP contribution >= 0.6 is 15.9 Å². The van der Waals surface area contributed by atoms with E-state index >= 15 is 0 Å². The van der Waals surface area contributed by atoms with E-state index in [0.717, 1.165) is 4.47 Å². The van der Waals surface area contributed by atoms with Crippen LogP contribution in [0.5, 0.6) is 0 Å². The number of halogens is 1. The summed E-state index contributed by atoms with van der Waals surface area (Å²) in [6, 6.07) is 1.71. The molecule has 1 aromatic heterocycles. The Bertz CT molecular complexity index is 309. The second kappa shape index (κ2) is 5.14. The maximum absolute atomic E-state index is 9.07. The molecule has 1 aromatic rings. The third-order valence-electron chi connectivity index (χ3n) is 1.60. The maximum Gasteiger partial charge on any atom is 0.149 e.